The molecule has 0 bridgehead atoms. The number of amides is 2. The van der Waals surface area contributed by atoms with Gasteiger partial charge in [-0.1, -0.05) is 30.3 Å². The number of furan rings is 1. The molecule has 0 radical (unpaired) electrons. The maximum Gasteiger partial charge on any atom is 0.305 e. The number of hydrogen-bond donors (Lipinski definition) is 2. The molecule has 0 atom stereocenters. The van der Waals surface area contributed by atoms with E-state index in [1.54, 1.807) is 31.4 Å². The molecule has 0 unspecified atom stereocenters. The normalized spacial score (nSPS) is 10.3. The molecule has 1 aromatic heterocycles. The number of carbonyl (C=O) groups is 2. The Labute approximate surface area is 162 Å². The second-order valence-electron chi connectivity index (χ2n) is 5.91. The first kappa shape index (κ1) is 19.2. The van der Waals surface area contributed by atoms with Gasteiger partial charge < -0.3 is 13.9 Å². The molecule has 0 aliphatic heterocycles. The molecule has 2 amide bonds. The van der Waals surface area contributed by atoms with Gasteiger partial charge in [0, 0.05) is 12.7 Å². The highest BCUT2D eigenvalue weighted by Crippen LogP contribution is 2.14. The molecule has 2 N–H and O–H groups in total. The largest absolute Gasteiger partial charge is 0.486 e. The number of carbonyl (C=O) groups excluding carboxylic acids is 2. The molecule has 0 saturated heterocycles. The van der Waals surface area contributed by atoms with Crippen LogP contribution in [0.1, 0.15) is 32.2 Å². The zero-order valence-corrected chi connectivity index (χ0v) is 15.3. The molecule has 28 heavy (non-hydrogen) atoms. The van der Waals surface area contributed by atoms with Gasteiger partial charge in [-0.25, -0.2) is 0 Å². The maximum absolute atomic E-state index is 12.2. The Hall–Kier alpha value is -3.58. The van der Waals surface area contributed by atoms with Crippen molar-refractivity contribution in [2.45, 2.75) is 13.2 Å². The SMILES string of the molecule is COCc1cccc(C(=O)NNC(=O)c2ccc(COc3ccccc3)o2)c1. The summed E-state index contributed by atoms with van der Waals surface area (Å²) in [5.41, 5.74) is 5.96. The minimum atomic E-state index is -0.563. The molecule has 144 valence electrons. The van der Waals surface area contributed by atoms with Crippen LogP contribution in [0.25, 0.3) is 0 Å². The molecular formula is C21H20N2O5. The number of ether oxygens (including phenoxy) is 2. The van der Waals surface area contributed by atoms with Crippen molar-refractivity contribution in [3.8, 4) is 5.75 Å². The first-order valence-corrected chi connectivity index (χ1v) is 8.61. The lowest BCUT2D eigenvalue weighted by atomic mass is 10.1. The minimum absolute atomic E-state index is 0.0695. The first-order chi connectivity index (χ1) is 13.7. The zero-order chi connectivity index (χ0) is 19.8. The Morgan fingerprint density at radius 1 is 0.893 bits per heavy atom. The Bertz CT molecular complexity index is 937. The van der Waals surface area contributed by atoms with Crippen molar-refractivity contribution in [1.29, 1.82) is 0 Å². The summed E-state index contributed by atoms with van der Waals surface area (Å²) in [6, 6.07) is 19.4. The fourth-order valence-corrected chi connectivity index (χ4v) is 2.47. The van der Waals surface area contributed by atoms with Gasteiger partial charge in [0.1, 0.15) is 18.1 Å². The van der Waals surface area contributed by atoms with E-state index in [1.807, 2.05) is 36.4 Å². The van der Waals surface area contributed by atoms with Gasteiger partial charge >= 0.3 is 5.91 Å². The third-order valence-corrected chi connectivity index (χ3v) is 3.80. The van der Waals surface area contributed by atoms with E-state index in [0.29, 0.717) is 23.7 Å². The van der Waals surface area contributed by atoms with Crippen molar-refractivity contribution in [2.75, 3.05) is 7.11 Å². The lowest BCUT2D eigenvalue weighted by Gasteiger charge is -2.07. The highest BCUT2D eigenvalue weighted by molar-refractivity contribution is 5.98. The van der Waals surface area contributed by atoms with Crippen LogP contribution in [0.2, 0.25) is 0 Å². The second kappa shape index (κ2) is 9.38. The van der Waals surface area contributed by atoms with Gasteiger partial charge in [-0.3, -0.25) is 20.4 Å². The Kier molecular flexibility index (Phi) is 6.43. The fourth-order valence-electron chi connectivity index (χ4n) is 2.47. The summed E-state index contributed by atoms with van der Waals surface area (Å²) in [6.07, 6.45) is 0. The van der Waals surface area contributed by atoms with Crippen LogP contribution in [0.15, 0.2) is 71.1 Å². The summed E-state index contributed by atoms with van der Waals surface area (Å²) in [7, 11) is 1.58. The van der Waals surface area contributed by atoms with Crippen molar-refractivity contribution >= 4 is 11.8 Å². The summed E-state index contributed by atoms with van der Waals surface area (Å²) < 4.78 is 16.1. The summed E-state index contributed by atoms with van der Waals surface area (Å²) in [4.78, 5) is 24.3. The van der Waals surface area contributed by atoms with E-state index in [1.165, 1.54) is 6.07 Å². The first-order valence-electron chi connectivity index (χ1n) is 8.61. The molecule has 0 aliphatic rings. The van der Waals surface area contributed by atoms with Crippen molar-refractivity contribution in [3.63, 3.8) is 0 Å². The predicted octanol–water partition coefficient (Wildman–Crippen LogP) is 3.08. The van der Waals surface area contributed by atoms with Gasteiger partial charge in [-0.05, 0) is 42.0 Å². The number of methoxy groups -OCH3 is 1. The molecule has 3 rings (SSSR count). The van der Waals surface area contributed by atoms with E-state index < -0.39 is 11.8 Å². The number of rotatable bonds is 7. The Morgan fingerprint density at radius 3 is 2.46 bits per heavy atom. The summed E-state index contributed by atoms with van der Waals surface area (Å²) in [5.74, 6) is 0.262. The number of nitrogens with one attached hydrogen (secondary N) is 2. The third-order valence-electron chi connectivity index (χ3n) is 3.80. The van der Waals surface area contributed by atoms with Crippen LogP contribution in [0.5, 0.6) is 5.75 Å². The highest BCUT2D eigenvalue weighted by atomic mass is 16.5. The van der Waals surface area contributed by atoms with E-state index in [-0.39, 0.29) is 12.4 Å². The van der Waals surface area contributed by atoms with Crippen molar-refractivity contribution < 1.29 is 23.5 Å². The van der Waals surface area contributed by atoms with Gasteiger partial charge in [-0.2, -0.15) is 0 Å². The average Bonchev–Trinajstić information content (AvgIpc) is 3.21. The van der Waals surface area contributed by atoms with Crippen molar-refractivity contribution in [1.82, 2.24) is 10.9 Å². The summed E-state index contributed by atoms with van der Waals surface area (Å²) in [6.45, 7) is 0.587. The van der Waals surface area contributed by atoms with Gasteiger partial charge in [0.05, 0.1) is 6.61 Å². The Balaban J connectivity index is 1.51. The molecule has 0 saturated carbocycles. The molecule has 0 aliphatic carbocycles. The van der Waals surface area contributed by atoms with Gasteiger partial charge in [0.25, 0.3) is 5.91 Å². The molecular weight excluding hydrogens is 360 g/mol. The number of benzene rings is 2. The van der Waals surface area contributed by atoms with Gasteiger partial charge in [0.15, 0.2) is 5.76 Å². The van der Waals surface area contributed by atoms with Crippen LogP contribution in [0.4, 0.5) is 0 Å². The van der Waals surface area contributed by atoms with Crippen molar-refractivity contribution in [3.05, 3.63) is 89.4 Å². The van der Waals surface area contributed by atoms with Gasteiger partial charge in [-0.15, -0.1) is 0 Å². The van der Waals surface area contributed by atoms with E-state index in [2.05, 4.69) is 10.9 Å². The van der Waals surface area contributed by atoms with Crippen LogP contribution in [0, 0.1) is 0 Å². The Morgan fingerprint density at radius 2 is 1.68 bits per heavy atom. The van der Waals surface area contributed by atoms with Crippen molar-refractivity contribution in [2.24, 2.45) is 0 Å². The van der Waals surface area contributed by atoms with E-state index in [4.69, 9.17) is 13.9 Å². The monoisotopic (exact) mass is 380 g/mol. The average molecular weight is 380 g/mol. The maximum atomic E-state index is 12.2. The van der Waals surface area contributed by atoms with Crippen LogP contribution >= 0.6 is 0 Å². The second-order valence-corrected chi connectivity index (χ2v) is 5.91. The number of hydrogen-bond acceptors (Lipinski definition) is 5. The summed E-state index contributed by atoms with van der Waals surface area (Å²) in [5, 5.41) is 0. The molecule has 7 nitrogen and oxygen atoms in total. The molecule has 7 heteroatoms. The number of para-hydroxylation sites is 1. The molecule has 1 heterocycles. The smallest absolute Gasteiger partial charge is 0.305 e. The van der Waals surface area contributed by atoms with Crippen LogP contribution in [0.3, 0.4) is 0 Å². The molecule has 3 aromatic rings. The van der Waals surface area contributed by atoms with Crippen LogP contribution in [-0.2, 0) is 18.0 Å². The number of hydrazine groups is 1. The fraction of sp³-hybridized carbons (Fsp3) is 0.143. The van der Waals surface area contributed by atoms with Crippen LogP contribution < -0.4 is 15.6 Å². The topological polar surface area (TPSA) is 89.8 Å². The van der Waals surface area contributed by atoms with E-state index >= 15 is 0 Å². The minimum Gasteiger partial charge on any atom is -0.486 e. The lowest BCUT2D eigenvalue weighted by molar-refractivity contribution is 0.0828. The molecule has 2 aromatic carbocycles. The molecule has 0 spiro atoms. The highest BCUT2D eigenvalue weighted by Gasteiger charge is 2.13. The van der Waals surface area contributed by atoms with Crippen LogP contribution in [-0.4, -0.2) is 18.9 Å². The van der Waals surface area contributed by atoms with E-state index in [9.17, 15) is 9.59 Å². The lowest BCUT2D eigenvalue weighted by Crippen LogP contribution is -2.41. The van der Waals surface area contributed by atoms with E-state index in [0.717, 1.165) is 5.56 Å². The van der Waals surface area contributed by atoms with Gasteiger partial charge in [0.2, 0.25) is 0 Å². The molecule has 0 fully saturated rings. The predicted molar refractivity (Wildman–Crippen MR) is 102 cm³/mol. The summed E-state index contributed by atoms with van der Waals surface area (Å²) >= 11 is 0. The standard InChI is InChI=1S/C21H20N2O5/c1-26-13-15-6-5-7-16(12-15)20(24)22-23-21(25)19-11-10-18(28-19)14-27-17-8-3-2-4-9-17/h2-12H,13-14H2,1H3,(H,22,24)(H,23,25). The quantitative estimate of drug-likeness (QED) is 0.615. The third kappa shape index (κ3) is 5.21. The zero-order valence-electron chi connectivity index (χ0n) is 15.3.